The molecular formula is C30H32N2O7. The van der Waals surface area contributed by atoms with E-state index in [9.17, 15) is 14.4 Å². The van der Waals surface area contributed by atoms with Crippen molar-refractivity contribution in [2.75, 3.05) is 7.11 Å². The zero-order valence-electron chi connectivity index (χ0n) is 22.5. The first-order chi connectivity index (χ1) is 18.6. The van der Waals surface area contributed by atoms with Gasteiger partial charge in [-0.25, -0.2) is 4.79 Å². The van der Waals surface area contributed by atoms with Gasteiger partial charge in [0.25, 0.3) is 5.79 Å². The van der Waals surface area contributed by atoms with Crippen LogP contribution < -0.4 is 4.74 Å². The summed E-state index contributed by atoms with van der Waals surface area (Å²) in [5.41, 5.74) is -0.708. The molecule has 39 heavy (non-hydrogen) atoms. The van der Waals surface area contributed by atoms with Crippen molar-refractivity contribution in [1.82, 2.24) is 5.01 Å². The van der Waals surface area contributed by atoms with E-state index in [0.29, 0.717) is 29.7 Å². The number of methoxy groups -OCH3 is 1. The molecule has 3 atom stereocenters. The van der Waals surface area contributed by atoms with Crippen LogP contribution in [0, 0.1) is 5.41 Å². The van der Waals surface area contributed by atoms with E-state index >= 15 is 0 Å². The van der Waals surface area contributed by atoms with E-state index in [-0.39, 0.29) is 0 Å². The second-order valence-corrected chi connectivity index (χ2v) is 11.7. The Hall–Kier alpha value is -3.88. The Bertz CT molecular complexity index is 1330. The quantitative estimate of drug-likeness (QED) is 0.427. The van der Waals surface area contributed by atoms with Gasteiger partial charge < -0.3 is 18.9 Å². The SMILES string of the molecule is COc1ccc([C@H]2[C@H](C(=O)OC(C)(C)C)N3N=Cc4ccccc4C3C23C(=O)OC2(CCCC2)OC3=O)cc1. The topological polar surface area (TPSA) is 104 Å². The lowest BCUT2D eigenvalue weighted by Crippen LogP contribution is -2.59. The largest absolute Gasteiger partial charge is 0.497 e. The molecule has 0 radical (unpaired) electrons. The first-order valence-electron chi connectivity index (χ1n) is 13.3. The molecule has 1 saturated carbocycles. The van der Waals surface area contributed by atoms with E-state index in [0.717, 1.165) is 18.4 Å². The first-order valence-corrected chi connectivity index (χ1v) is 13.3. The van der Waals surface area contributed by atoms with Gasteiger partial charge in [0.2, 0.25) is 5.41 Å². The van der Waals surface area contributed by atoms with Crippen LogP contribution in [0.2, 0.25) is 0 Å². The molecule has 4 aliphatic rings. The van der Waals surface area contributed by atoms with E-state index in [1.54, 1.807) is 63.4 Å². The Labute approximate surface area is 227 Å². The predicted octanol–water partition coefficient (Wildman–Crippen LogP) is 4.25. The molecule has 1 aliphatic carbocycles. The van der Waals surface area contributed by atoms with Crippen molar-refractivity contribution in [3.05, 3.63) is 65.2 Å². The Morgan fingerprint density at radius 1 is 1.00 bits per heavy atom. The lowest BCUT2D eigenvalue weighted by Gasteiger charge is -2.45. The van der Waals surface area contributed by atoms with Crippen molar-refractivity contribution in [1.29, 1.82) is 0 Å². The summed E-state index contributed by atoms with van der Waals surface area (Å²) in [7, 11) is 1.55. The summed E-state index contributed by atoms with van der Waals surface area (Å²) in [5, 5.41) is 6.19. The zero-order valence-corrected chi connectivity index (χ0v) is 22.5. The maximum absolute atomic E-state index is 14.4. The monoisotopic (exact) mass is 532 g/mol. The van der Waals surface area contributed by atoms with Gasteiger partial charge in [0.05, 0.1) is 13.3 Å². The Morgan fingerprint density at radius 3 is 2.26 bits per heavy atom. The van der Waals surface area contributed by atoms with E-state index < -0.39 is 52.7 Å². The fourth-order valence-corrected chi connectivity index (χ4v) is 6.54. The standard InChI is InChI=1S/C30H32N2O7/c1-28(2,3)37-25(33)23-22(18-11-13-20(36-4)14-12-18)30(24-21-10-6-5-9-19(21)17-31-32(23)24)26(34)38-29(39-27(30)35)15-7-8-16-29/h5-6,9-14,17,22-24H,7-8,15-16H2,1-4H3/t22-,23+,24?/m0/s1. The number of fused-ring (bicyclic) bond motifs is 4. The number of hydrogen-bond donors (Lipinski definition) is 0. The number of benzene rings is 2. The van der Waals surface area contributed by atoms with Crippen LogP contribution in [0.25, 0.3) is 0 Å². The summed E-state index contributed by atoms with van der Waals surface area (Å²) >= 11 is 0. The van der Waals surface area contributed by atoms with E-state index in [2.05, 4.69) is 5.10 Å². The summed E-state index contributed by atoms with van der Waals surface area (Å²) < 4.78 is 23.4. The molecule has 0 bridgehead atoms. The van der Waals surface area contributed by atoms with Crippen LogP contribution in [0.1, 0.15) is 75.1 Å². The summed E-state index contributed by atoms with van der Waals surface area (Å²) in [5.74, 6) is -3.67. The third kappa shape index (κ3) is 3.81. The summed E-state index contributed by atoms with van der Waals surface area (Å²) in [6.45, 7) is 5.33. The van der Waals surface area contributed by atoms with Gasteiger partial charge in [-0.2, -0.15) is 5.10 Å². The van der Waals surface area contributed by atoms with Gasteiger partial charge in [-0.1, -0.05) is 36.4 Å². The lowest BCUT2D eigenvalue weighted by atomic mass is 9.65. The molecule has 204 valence electrons. The maximum atomic E-state index is 14.4. The van der Waals surface area contributed by atoms with Gasteiger partial charge in [0.15, 0.2) is 6.04 Å². The normalized spacial score (nSPS) is 26.2. The smallest absolute Gasteiger partial charge is 0.331 e. The van der Waals surface area contributed by atoms with Crippen molar-refractivity contribution >= 4 is 24.1 Å². The second-order valence-electron chi connectivity index (χ2n) is 11.7. The van der Waals surface area contributed by atoms with Crippen molar-refractivity contribution in [3.63, 3.8) is 0 Å². The van der Waals surface area contributed by atoms with Crippen LogP contribution in [-0.2, 0) is 28.6 Å². The van der Waals surface area contributed by atoms with E-state index in [1.807, 2.05) is 24.3 Å². The van der Waals surface area contributed by atoms with Crippen LogP contribution in [0.4, 0.5) is 0 Å². The number of hydrogen-bond acceptors (Lipinski definition) is 9. The Kier molecular flexibility index (Phi) is 5.75. The molecule has 2 aromatic rings. The highest BCUT2D eigenvalue weighted by molar-refractivity contribution is 6.06. The van der Waals surface area contributed by atoms with Gasteiger partial charge in [-0.05, 0) is 62.4 Å². The van der Waals surface area contributed by atoms with Crippen molar-refractivity contribution in [2.24, 2.45) is 10.5 Å². The van der Waals surface area contributed by atoms with Crippen LogP contribution in [0.5, 0.6) is 5.75 Å². The molecule has 9 nitrogen and oxygen atoms in total. The molecule has 0 N–H and O–H groups in total. The average molecular weight is 533 g/mol. The molecule has 6 rings (SSSR count). The van der Waals surface area contributed by atoms with Gasteiger partial charge in [-0.15, -0.1) is 0 Å². The van der Waals surface area contributed by atoms with Gasteiger partial charge in [0, 0.05) is 18.8 Å². The van der Waals surface area contributed by atoms with Crippen LogP contribution in [0.3, 0.4) is 0 Å². The molecular weight excluding hydrogens is 500 g/mol. The summed E-state index contributed by atoms with van der Waals surface area (Å²) in [6, 6.07) is 12.4. The van der Waals surface area contributed by atoms with Crippen LogP contribution in [-0.4, -0.2) is 53.7 Å². The van der Waals surface area contributed by atoms with Gasteiger partial charge in [0.1, 0.15) is 17.4 Å². The average Bonchev–Trinajstić information content (AvgIpc) is 3.47. The van der Waals surface area contributed by atoms with Crippen molar-refractivity contribution in [3.8, 4) is 5.75 Å². The maximum Gasteiger partial charge on any atom is 0.331 e. The molecule has 2 aromatic carbocycles. The van der Waals surface area contributed by atoms with Crippen molar-refractivity contribution in [2.45, 2.75) is 75.8 Å². The fraction of sp³-hybridized carbons (Fsp3) is 0.467. The van der Waals surface area contributed by atoms with Gasteiger partial charge >= 0.3 is 17.9 Å². The lowest BCUT2D eigenvalue weighted by molar-refractivity contribution is -0.263. The molecule has 1 unspecified atom stereocenters. The highest BCUT2D eigenvalue weighted by atomic mass is 16.7. The second kappa shape index (κ2) is 8.83. The minimum Gasteiger partial charge on any atom is -0.497 e. The highest BCUT2D eigenvalue weighted by Gasteiger charge is 2.76. The third-order valence-electron chi connectivity index (χ3n) is 8.13. The zero-order chi connectivity index (χ0) is 27.6. The minimum atomic E-state index is -1.90. The highest BCUT2D eigenvalue weighted by Crippen LogP contribution is 2.63. The number of carbonyl (C=O) groups is 3. The fourth-order valence-electron chi connectivity index (χ4n) is 6.54. The van der Waals surface area contributed by atoms with E-state index in [1.165, 1.54) is 0 Å². The predicted molar refractivity (Wildman–Crippen MR) is 140 cm³/mol. The molecule has 9 heteroatoms. The number of carbonyl (C=O) groups excluding carboxylic acids is 3. The molecule has 2 saturated heterocycles. The molecule has 2 spiro atoms. The Morgan fingerprint density at radius 2 is 1.64 bits per heavy atom. The molecule has 0 amide bonds. The van der Waals surface area contributed by atoms with Gasteiger partial charge in [-0.3, -0.25) is 14.6 Å². The number of ether oxygens (including phenoxy) is 4. The number of nitrogens with zero attached hydrogens (tertiary/aromatic N) is 2. The Balaban J connectivity index is 1.60. The summed E-state index contributed by atoms with van der Waals surface area (Å²) in [4.78, 5) is 42.8. The number of rotatable bonds is 3. The van der Waals surface area contributed by atoms with Crippen LogP contribution >= 0.6 is 0 Å². The third-order valence-corrected chi connectivity index (χ3v) is 8.13. The minimum absolute atomic E-state index is 0.451. The summed E-state index contributed by atoms with van der Waals surface area (Å²) in [6.07, 6.45) is 4.13. The molecule has 3 heterocycles. The molecule has 0 aromatic heterocycles. The van der Waals surface area contributed by atoms with Crippen molar-refractivity contribution < 1.29 is 33.3 Å². The van der Waals surface area contributed by atoms with E-state index in [4.69, 9.17) is 18.9 Å². The first kappa shape index (κ1) is 25.4. The molecule has 3 fully saturated rings. The van der Waals surface area contributed by atoms with Crippen LogP contribution in [0.15, 0.2) is 53.6 Å². The number of esters is 3. The number of hydrazone groups is 1. The molecule has 3 aliphatic heterocycles.